The molecule has 1 N–H and O–H groups in total. The third-order valence-corrected chi connectivity index (χ3v) is 3.19. The summed E-state index contributed by atoms with van der Waals surface area (Å²) in [7, 11) is 0. The molecular weight excluding hydrogens is 313 g/mol. The number of hydrogen-bond acceptors (Lipinski definition) is 4. The zero-order chi connectivity index (χ0) is 15.0. The number of aryl methyl sites for hydroxylation is 1. The summed E-state index contributed by atoms with van der Waals surface area (Å²) in [6.45, 7) is 1.85. The van der Waals surface area contributed by atoms with Gasteiger partial charge in [-0.05, 0) is 31.2 Å². The van der Waals surface area contributed by atoms with Crippen molar-refractivity contribution in [3.63, 3.8) is 0 Å². The minimum absolute atomic E-state index is 0.0212. The van der Waals surface area contributed by atoms with Crippen LogP contribution in [0.15, 0.2) is 30.5 Å². The molecule has 0 radical (unpaired) electrons. The lowest BCUT2D eigenvalue weighted by Crippen LogP contribution is -2.14. The van der Waals surface area contributed by atoms with Gasteiger partial charge < -0.3 is 5.32 Å². The van der Waals surface area contributed by atoms with Crippen LogP contribution in [0.25, 0.3) is 5.78 Å². The van der Waals surface area contributed by atoms with Crippen LogP contribution in [0.5, 0.6) is 0 Å². The second kappa shape index (κ2) is 5.31. The lowest BCUT2D eigenvalue weighted by atomic mass is 10.3. The standard InChI is InChI=1S/C13H9Cl2N5O/c1-7-2-3-16-13-18-11(19-20(7)13)12(21)17-10-5-8(14)4-9(15)6-10/h2-6H,1H3,(H,17,21). The number of aromatic nitrogens is 4. The molecule has 0 aliphatic carbocycles. The van der Waals surface area contributed by atoms with Crippen molar-refractivity contribution in [2.75, 3.05) is 5.32 Å². The topological polar surface area (TPSA) is 72.2 Å². The second-order valence-corrected chi connectivity index (χ2v) is 5.22. The first-order chi connectivity index (χ1) is 10.0. The van der Waals surface area contributed by atoms with Crippen LogP contribution in [0.1, 0.15) is 16.3 Å². The Morgan fingerprint density at radius 2 is 1.95 bits per heavy atom. The number of halogens is 2. The van der Waals surface area contributed by atoms with Gasteiger partial charge in [0.25, 0.3) is 11.7 Å². The number of anilines is 1. The molecule has 0 atom stereocenters. The summed E-state index contributed by atoms with van der Waals surface area (Å²) in [6.07, 6.45) is 1.61. The molecule has 3 aromatic rings. The Labute approximate surface area is 129 Å². The van der Waals surface area contributed by atoms with Gasteiger partial charge in [-0.1, -0.05) is 23.2 Å². The van der Waals surface area contributed by atoms with Gasteiger partial charge in [-0.3, -0.25) is 4.79 Å². The summed E-state index contributed by atoms with van der Waals surface area (Å²) in [5.41, 5.74) is 1.30. The predicted molar refractivity (Wildman–Crippen MR) is 79.9 cm³/mol. The Hall–Kier alpha value is -2.18. The van der Waals surface area contributed by atoms with E-state index in [-0.39, 0.29) is 5.82 Å². The van der Waals surface area contributed by atoms with Crippen LogP contribution in [-0.4, -0.2) is 25.5 Å². The van der Waals surface area contributed by atoms with Gasteiger partial charge in [0, 0.05) is 27.6 Å². The number of nitrogens with one attached hydrogen (secondary N) is 1. The van der Waals surface area contributed by atoms with Gasteiger partial charge in [-0.25, -0.2) is 9.50 Å². The highest BCUT2D eigenvalue weighted by molar-refractivity contribution is 6.35. The zero-order valence-corrected chi connectivity index (χ0v) is 12.4. The number of rotatable bonds is 2. The van der Waals surface area contributed by atoms with E-state index in [0.717, 1.165) is 5.69 Å². The summed E-state index contributed by atoms with van der Waals surface area (Å²) in [5, 5.41) is 7.62. The van der Waals surface area contributed by atoms with E-state index < -0.39 is 5.91 Å². The van der Waals surface area contributed by atoms with E-state index in [1.807, 2.05) is 6.92 Å². The molecule has 2 aromatic heterocycles. The highest BCUT2D eigenvalue weighted by Crippen LogP contribution is 2.22. The fourth-order valence-corrected chi connectivity index (χ4v) is 2.34. The fourth-order valence-electron chi connectivity index (χ4n) is 1.82. The maximum atomic E-state index is 12.2. The maximum absolute atomic E-state index is 12.2. The first-order valence-electron chi connectivity index (χ1n) is 5.99. The average molecular weight is 322 g/mol. The Balaban J connectivity index is 1.91. The van der Waals surface area contributed by atoms with E-state index in [2.05, 4.69) is 20.4 Å². The molecule has 0 spiro atoms. The van der Waals surface area contributed by atoms with Crippen LogP contribution in [0, 0.1) is 6.92 Å². The number of benzene rings is 1. The molecule has 3 rings (SSSR count). The van der Waals surface area contributed by atoms with E-state index in [1.165, 1.54) is 4.52 Å². The highest BCUT2D eigenvalue weighted by atomic mass is 35.5. The Morgan fingerprint density at radius 3 is 2.62 bits per heavy atom. The molecule has 2 heterocycles. The summed E-state index contributed by atoms with van der Waals surface area (Å²) < 4.78 is 1.50. The minimum Gasteiger partial charge on any atom is -0.319 e. The molecule has 6 nitrogen and oxygen atoms in total. The van der Waals surface area contributed by atoms with Gasteiger partial charge in [0.15, 0.2) is 0 Å². The summed E-state index contributed by atoms with van der Waals surface area (Å²) in [4.78, 5) is 20.3. The van der Waals surface area contributed by atoms with Gasteiger partial charge in [0.1, 0.15) is 0 Å². The van der Waals surface area contributed by atoms with E-state index >= 15 is 0 Å². The SMILES string of the molecule is Cc1ccnc2nc(C(=O)Nc3cc(Cl)cc(Cl)c3)nn12. The number of carbonyl (C=O) groups is 1. The molecule has 0 unspecified atom stereocenters. The van der Waals surface area contributed by atoms with E-state index in [9.17, 15) is 4.79 Å². The second-order valence-electron chi connectivity index (χ2n) is 4.35. The smallest absolute Gasteiger partial charge is 0.295 e. The van der Waals surface area contributed by atoms with Crippen LogP contribution < -0.4 is 5.32 Å². The largest absolute Gasteiger partial charge is 0.319 e. The monoisotopic (exact) mass is 321 g/mol. The van der Waals surface area contributed by atoms with Crippen molar-refractivity contribution in [2.45, 2.75) is 6.92 Å². The first kappa shape index (κ1) is 13.8. The first-order valence-corrected chi connectivity index (χ1v) is 6.74. The zero-order valence-electron chi connectivity index (χ0n) is 10.8. The number of amides is 1. The molecule has 0 aliphatic rings. The van der Waals surface area contributed by atoms with Gasteiger partial charge >= 0.3 is 0 Å². The number of fused-ring (bicyclic) bond motifs is 1. The Morgan fingerprint density at radius 1 is 1.24 bits per heavy atom. The number of nitrogens with zero attached hydrogens (tertiary/aromatic N) is 4. The third kappa shape index (κ3) is 2.81. The molecule has 1 amide bonds. The summed E-state index contributed by atoms with van der Waals surface area (Å²) >= 11 is 11.8. The minimum atomic E-state index is -0.460. The van der Waals surface area contributed by atoms with Crippen LogP contribution >= 0.6 is 23.2 Å². The quantitative estimate of drug-likeness (QED) is 0.787. The molecule has 21 heavy (non-hydrogen) atoms. The Bertz CT molecular complexity index is 825. The van der Waals surface area contributed by atoms with Crippen molar-refractivity contribution in [2.24, 2.45) is 0 Å². The van der Waals surface area contributed by atoms with Crippen LogP contribution in [0.3, 0.4) is 0 Å². The summed E-state index contributed by atoms with van der Waals surface area (Å²) in [6, 6.07) is 6.53. The maximum Gasteiger partial charge on any atom is 0.295 e. The van der Waals surface area contributed by atoms with Crippen LogP contribution in [0.2, 0.25) is 10.0 Å². The van der Waals surface area contributed by atoms with Crippen molar-refractivity contribution in [1.29, 1.82) is 0 Å². The Kier molecular flexibility index (Phi) is 3.48. The lowest BCUT2D eigenvalue weighted by Gasteiger charge is -2.03. The highest BCUT2D eigenvalue weighted by Gasteiger charge is 2.15. The van der Waals surface area contributed by atoms with Gasteiger partial charge in [-0.2, -0.15) is 4.98 Å². The van der Waals surface area contributed by atoms with Gasteiger partial charge in [-0.15, -0.1) is 5.10 Å². The lowest BCUT2D eigenvalue weighted by molar-refractivity contribution is 0.101. The molecule has 0 bridgehead atoms. The third-order valence-electron chi connectivity index (χ3n) is 2.75. The normalized spacial score (nSPS) is 10.8. The van der Waals surface area contributed by atoms with Gasteiger partial charge in [0.05, 0.1) is 0 Å². The summed E-state index contributed by atoms with van der Waals surface area (Å²) in [5.74, 6) is -0.0737. The molecule has 0 fully saturated rings. The molecule has 0 saturated heterocycles. The molecule has 1 aromatic carbocycles. The molecular formula is C13H9Cl2N5O. The van der Waals surface area contributed by atoms with Crippen molar-refractivity contribution in [3.8, 4) is 0 Å². The van der Waals surface area contributed by atoms with Crippen LogP contribution in [0.4, 0.5) is 5.69 Å². The molecule has 106 valence electrons. The van der Waals surface area contributed by atoms with E-state index in [4.69, 9.17) is 23.2 Å². The molecule has 0 aliphatic heterocycles. The van der Waals surface area contributed by atoms with E-state index in [1.54, 1.807) is 30.5 Å². The van der Waals surface area contributed by atoms with Crippen molar-refractivity contribution >= 4 is 40.6 Å². The van der Waals surface area contributed by atoms with Crippen molar-refractivity contribution in [3.05, 3.63) is 52.0 Å². The molecule has 0 saturated carbocycles. The van der Waals surface area contributed by atoms with Crippen LogP contribution in [-0.2, 0) is 0 Å². The van der Waals surface area contributed by atoms with Crippen molar-refractivity contribution in [1.82, 2.24) is 19.6 Å². The molecule has 8 heteroatoms. The number of hydrogen-bond donors (Lipinski definition) is 1. The number of carbonyl (C=O) groups excluding carboxylic acids is 1. The average Bonchev–Trinajstić information content (AvgIpc) is 2.83. The predicted octanol–water partition coefficient (Wildman–Crippen LogP) is 2.99. The van der Waals surface area contributed by atoms with E-state index in [0.29, 0.717) is 21.5 Å². The van der Waals surface area contributed by atoms with Crippen molar-refractivity contribution < 1.29 is 4.79 Å². The van der Waals surface area contributed by atoms with Gasteiger partial charge in [0.2, 0.25) is 5.82 Å². The fraction of sp³-hybridized carbons (Fsp3) is 0.0769.